The first-order chi connectivity index (χ1) is 17.5. The van der Waals surface area contributed by atoms with Crippen molar-refractivity contribution in [3.8, 4) is 17.2 Å². The average molecular weight is 484 g/mol. The van der Waals surface area contributed by atoms with Gasteiger partial charge in [0.2, 0.25) is 0 Å². The third-order valence-corrected chi connectivity index (χ3v) is 5.56. The molecule has 1 amide bonds. The zero-order chi connectivity index (χ0) is 25.5. The van der Waals surface area contributed by atoms with E-state index in [9.17, 15) is 9.59 Å². The van der Waals surface area contributed by atoms with Crippen LogP contribution in [0.25, 0.3) is 16.8 Å². The molecule has 0 atom stereocenters. The van der Waals surface area contributed by atoms with Crippen molar-refractivity contribution in [3.05, 3.63) is 102 Å². The van der Waals surface area contributed by atoms with Crippen molar-refractivity contribution >= 4 is 34.4 Å². The van der Waals surface area contributed by atoms with Gasteiger partial charge in [0.05, 0.1) is 25.4 Å². The molecule has 0 bridgehead atoms. The predicted molar refractivity (Wildman–Crippen MR) is 139 cm³/mol. The lowest BCUT2D eigenvalue weighted by Gasteiger charge is -2.14. The van der Waals surface area contributed by atoms with Gasteiger partial charge in [-0.2, -0.15) is 0 Å². The number of carboxylic acids is 1. The Labute approximate surface area is 208 Å². The molecule has 0 spiro atoms. The summed E-state index contributed by atoms with van der Waals surface area (Å²) in [6.45, 7) is -0.00614. The number of fused-ring (bicyclic) bond motifs is 1. The fourth-order valence-corrected chi connectivity index (χ4v) is 3.70. The van der Waals surface area contributed by atoms with Crippen LogP contribution in [0.15, 0.2) is 90.5 Å². The molecule has 0 radical (unpaired) electrons. The summed E-state index contributed by atoms with van der Waals surface area (Å²) in [6.07, 6.45) is 1.67. The second-order valence-electron chi connectivity index (χ2n) is 7.89. The van der Waals surface area contributed by atoms with Crippen LogP contribution in [-0.2, 0) is 4.79 Å². The maximum absolute atomic E-state index is 13.3. The van der Waals surface area contributed by atoms with Crippen LogP contribution >= 0.6 is 0 Å². The van der Waals surface area contributed by atoms with E-state index in [2.05, 4.69) is 5.32 Å². The number of carbonyl (C=O) groups is 2. The van der Waals surface area contributed by atoms with Gasteiger partial charge in [0, 0.05) is 17.1 Å². The highest BCUT2D eigenvalue weighted by atomic mass is 16.5. The summed E-state index contributed by atoms with van der Waals surface area (Å²) in [5.41, 5.74) is 1.70. The molecule has 0 unspecified atom stereocenters. The van der Waals surface area contributed by atoms with Crippen molar-refractivity contribution in [2.45, 2.75) is 0 Å². The zero-order valence-corrected chi connectivity index (χ0v) is 19.9. The molecule has 0 heterocycles. The third-order valence-electron chi connectivity index (χ3n) is 5.56. The van der Waals surface area contributed by atoms with Crippen LogP contribution in [0.4, 0.5) is 5.69 Å². The molecule has 0 aromatic heterocycles. The summed E-state index contributed by atoms with van der Waals surface area (Å²) in [6, 6.07) is 24.9. The van der Waals surface area contributed by atoms with Crippen molar-refractivity contribution in [1.82, 2.24) is 0 Å². The molecule has 36 heavy (non-hydrogen) atoms. The molecule has 0 aliphatic carbocycles. The number of anilines is 1. The molecule has 0 saturated carbocycles. The minimum atomic E-state index is -1.02. The van der Waals surface area contributed by atoms with E-state index < -0.39 is 5.97 Å². The third kappa shape index (κ3) is 5.64. The van der Waals surface area contributed by atoms with E-state index >= 15 is 0 Å². The summed E-state index contributed by atoms with van der Waals surface area (Å²) >= 11 is 0. The Morgan fingerprint density at radius 3 is 2.28 bits per heavy atom. The number of hydrogen-bond acceptors (Lipinski definition) is 5. The van der Waals surface area contributed by atoms with E-state index in [-0.39, 0.29) is 18.1 Å². The molecular weight excluding hydrogens is 458 g/mol. The fraction of sp³-hybridized carbons (Fsp3) is 0.103. The summed E-state index contributed by atoms with van der Waals surface area (Å²) in [7, 11) is 3.06. The van der Waals surface area contributed by atoms with Crippen LogP contribution < -0.4 is 19.5 Å². The first-order valence-corrected chi connectivity index (χ1v) is 11.2. The van der Waals surface area contributed by atoms with Crippen molar-refractivity contribution in [2.75, 3.05) is 26.1 Å². The van der Waals surface area contributed by atoms with Gasteiger partial charge < -0.3 is 24.6 Å². The summed E-state index contributed by atoms with van der Waals surface area (Å²) in [5.74, 6) is 0.293. The molecule has 0 aliphatic rings. The molecule has 4 rings (SSSR count). The van der Waals surface area contributed by atoms with E-state index in [1.165, 1.54) is 26.4 Å². The highest BCUT2D eigenvalue weighted by Crippen LogP contribution is 2.30. The Hall–Kier alpha value is -4.78. The first kappa shape index (κ1) is 24.3. The number of rotatable bonds is 9. The molecule has 2 N–H and O–H groups in total. The van der Waals surface area contributed by atoms with E-state index in [0.717, 1.165) is 10.8 Å². The highest BCUT2D eigenvalue weighted by Gasteiger charge is 2.14. The van der Waals surface area contributed by atoms with Crippen LogP contribution in [0.3, 0.4) is 0 Å². The first-order valence-electron chi connectivity index (χ1n) is 11.2. The summed E-state index contributed by atoms with van der Waals surface area (Å²) < 4.78 is 16.7. The monoisotopic (exact) mass is 483 g/mol. The van der Waals surface area contributed by atoms with Gasteiger partial charge in [0.25, 0.3) is 5.91 Å². The molecule has 7 nitrogen and oxygen atoms in total. The lowest BCUT2D eigenvalue weighted by Crippen LogP contribution is -2.19. The second kappa shape index (κ2) is 11.1. The molecular formula is C29H25NO6. The number of benzene rings is 4. The number of nitrogens with one attached hydrogen (secondary N) is 1. The number of methoxy groups -OCH3 is 2. The van der Waals surface area contributed by atoms with E-state index in [4.69, 9.17) is 19.3 Å². The van der Waals surface area contributed by atoms with Crippen LogP contribution in [-0.4, -0.2) is 37.8 Å². The molecule has 0 aliphatic heterocycles. The molecule has 0 saturated heterocycles. The predicted octanol–water partition coefficient (Wildman–Crippen LogP) is 5.66. The Morgan fingerprint density at radius 1 is 0.833 bits per heavy atom. The minimum absolute atomic E-state index is 0.00614. The minimum Gasteiger partial charge on any atom is -0.493 e. The Balaban J connectivity index is 1.63. The SMILES string of the molecule is COc1ccc(NC(=O)C(=Cc2ccc(C(=O)O)cc2)COc2cccc3ccccc23)cc1OC. The molecule has 182 valence electrons. The van der Waals surface area contributed by atoms with E-state index in [1.54, 1.807) is 36.4 Å². The fourth-order valence-electron chi connectivity index (χ4n) is 3.70. The quantitative estimate of drug-likeness (QED) is 0.299. The van der Waals surface area contributed by atoms with Crippen molar-refractivity contribution < 1.29 is 28.9 Å². The smallest absolute Gasteiger partial charge is 0.335 e. The van der Waals surface area contributed by atoms with Gasteiger partial charge in [0.15, 0.2) is 11.5 Å². The standard InChI is InChI=1S/C29H25NO6/c1-34-26-15-14-23(17-27(26)35-2)30-28(31)22(16-19-10-12-21(13-11-19)29(32)33)18-36-25-9-5-7-20-6-3-4-8-24(20)25/h3-17H,18H2,1-2H3,(H,30,31)(H,32,33). The second-order valence-corrected chi connectivity index (χ2v) is 7.89. The van der Waals surface area contributed by atoms with Crippen LogP contribution in [0.1, 0.15) is 15.9 Å². The normalized spacial score (nSPS) is 11.1. The van der Waals surface area contributed by atoms with Crippen LogP contribution in [0, 0.1) is 0 Å². The number of ether oxygens (including phenoxy) is 3. The lowest BCUT2D eigenvalue weighted by molar-refractivity contribution is -0.113. The summed E-state index contributed by atoms with van der Waals surface area (Å²) in [4.78, 5) is 24.5. The maximum atomic E-state index is 13.3. The molecule has 4 aromatic carbocycles. The van der Waals surface area contributed by atoms with Gasteiger partial charge >= 0.3 is 5.97 Å². The van der Waals surface area contributed by atoms with Crippen molar-refractivity contribution in [1.29, 1.82) is 0 Å². The van der Waals surface area contributed by atoms with Gasteiger partial charge in [-0.15, -0.1) is 0 Å². The Bertz CT molecular complexity index is 1420. The van der Waals surface area contributed by atoms with Crippen molar-refractivity contribution in [3.63, 3.8) is 0 Å². The Morgan fingerprint density at radius 2 is 1.56 bits per heavy atom. The van der Waals surface area contributed by atoms with Crippen LogP contribution in [0.2, 0.25) is 0 Å². The van der Waals surface area contributed by atoms with Gasteiger partial charge in [-0.05, 0) is 47.4 Å². The van der Waals surface area contributed by atoms with Crippen molar-refractivity contribution in [2.24, 2.45) is 0 Å². The number of aromatic carboxylic acids is 1. The Kier molecular flexibility index (Phi) is 7.51. The van der Waals surface area contributed by atoms with E-state index in [1.807, 2.05) is 42.5 Å². The zero-order valence-electron chi connectivity index (χ0n) is 19.9. The lowest BCUT2D eigenvalue weighted by atomic mass is 10.1. The number of carboxylic acid groups (broad SMARTS) is 1. The maximum Gasteiger partial charge on any atom is 0.335 e. The van der Waals surface area contributed by atoms with Gasteiger partial charge in [-0.25, -0.2) is 4.79 Å². The average Bonchev–Trinajstić information content (AvgIpc) is 2.91. The largest absolute Gasteiger partial charge is 0.493 e. The van der Waals surface area contributed by atoms with Gasteiger partial charge in [-0.1, -0.05) is 48.5 Å². The summed E-state index contributed by atoms with van der Waals surface area (Å²) in [5, 5.41) is 14.0. The van der Waals surface area contributed by atoms with Gasteiger partial charge in [0.1, 0.15) is 12.4 Å². The number of amides is 1. The highest BCUT2D eigenvalue weighted by molar-refractivity contribution is 6.07. The van der Waals surface area contributed by atoms with Crippen LogP contribution in [0.5, 0.6) is 17.2 Å². The molecule has 7 heteroatoms. The molecule has 4 aromatic rings. The number of hydrogen-bond donors (Lipinski definition) is 2. The van der Waals surface area contributed by atoms with Gasteiger partial charge in [-0.3, -0.25) is 4.79 Å². The topological polar surface area (TPSA) is 94.1 Å². The van der Waals surface area contributed by atoms with E-state index in [0.29, 0.717) is 34.1 Å². The number of carbonyl (C=O) groups excluding carboxylic acids is 1. The molecule has 0 fully saturated rings.